The van der Waals surface area contributed by atoms with Crippen molar-refractivity contribution in [2.24, 2.45) is 0 Å². The van der Waals surface area contributed by atoms with Gasteiger partial charge in [-0.25, -0.2) is 4.79 Å². The highest BCUT2D eigenvalue weighted by atomic mass is 16.6. The van der Waals surface area contributed by atoms with E-state index in [1.54, 1.807) is 11.8 Å². The van der Waals surface area contributed by atoms with E-state index < -0.39 is 18.1 Å². The molecule has 2 atom stereocenters. The first-order valence-corrected chi connectivity index (χ1v) is 13.1. The molecule has 2 aliphatic rings. The van der Waals surface area contributed by atoms with Gasteiger partial charge in [-0.3, -0.25) is 4.79 Å². The van der Waals surface area contributed by atoms with Gasteiger partial charge in [-0.1, -0.05) is 72.8 Å². The van der Waals surface area contributed by atoms with Crippen molar-refractivity contribution < 1.29 is 28.5 Å². The third-order valence-corrected chi connectivity index (χ3v) is 7.00. The Morgan fingerprint density at radius 3 is 2.37 bits per heavy atom. The predicted molar refractivity (Wildman–Crippen MR) is 142 cm³/mol. The largest absolute Gasteiger partial charge is 0.488 e. The third kappa shape index (κ3) is 5.59. The van der Waals surface area contributed by atoms with Crippen molar-refractivity contribution in [3.8, 4) is 5.75 Å². The first kappa shape index (κ1) is 25.9. The van der Waals surface area contributed by atoms with Crippen LogP contribution in [0.3, 0.4) is 0 Å². The van der Waals surface area contributed by atoms with Crippen molar-refractivity contribution in [3.63, 3.8) is 0 Å². The molecule has 7 heteroatoms. The molecule has 0 N–H and O–H groups in total. The molecule has 1 fully saturated rings. The summed E-state index contributed by atoms with van der Waals surface area (Å²) in [6, 6.07) is 22.6. The Morgan fingerprint density at radius 2 is 1.71 bits per heavy atom. The molecule has 3 aromatic carbocycles. The number of ether oxygens (including phenoxy) is 4. The maximum absolute atomic E-state index is 14.1. The van der Waals surface area contributed by atoms with Gasteiger partial charge in [-0.2, -0.15) is 0 Å². The van der Waals surface area contributed by atoms with Gasteiger partial charge < -0.3 is 23.8 Å². The van der Waals surface area contributed by atoms with E-state index in [2.05, 4.69) is 0 Å². The van der Waals surface area contributed by atoms with Gasteiger partial charge in [-0.15, -0.1) is 0 Å². The molecule has 2 aliphatic heterocycles. The number of nitrogens with zero attached hydrogens (tertiary/aromatic N) is 1. The molecule has 1 saturated heterocycles. The van der Waals surface area contributed by atoms with Crippen molar-refractivity contribution >= 4 is 11.9 Å². The summed E-state index contributed by atoms with van der Waals surface area (Å²) in [5.41, 5.74) is 4.67. The van der Waals surface area contributed by atoms with Gasteiger partial charge in [0.1, 0.15) is 24.5 Å². The van der Waals surface area contributed by atoms with Gasteiger partial charge in [0.25, 0.3) is 5.91 Å². The number of carbonyl (C=O) groups excluding carboxylic acids is 2. The minimum Gasteiger partial charge on any atom is -0.488 e. The standard InChI is InChI=1S/C31H33NO6/c1-3-36-31(34)27-16-26-24(15-14-21(2)28(26)37-18-22-10-6-4-7-11-22)17-32(27)30(33)29(38-25-19-35-20-25)23-12-8-5-9-13-23/h4-15,25,27,29H,3,16-20H2,1-2H3/t27-,29?/m0/s1. The molecule has 0 aromatic heterocycles. The van der Waals surface area contributed by atoms with Gasteiger partial charge >= 0.3 is 5.97 Å². The Bertz CT molecular complexity index is 1260. The maximum Gasteiger partial charge on any atom is 0.329 e. The number of amides is 1. The van der Waals surface area contributed by atoms with Gasteiger partial charge in [0.2, 0.25) is 0 Å². The Labute approximate surface area is 223 Å². The number of fused-ring (bicyclic) bond motifs is 1. The van der Waals surface area contributed by atoms with Crippen LogP contribution in [0, 0.1) is 6.92 Å². The number of carbonyl (C=O) groups is 2. The molecule has 0 bridgehead atoms. The zero-order valence-corrected chi connectivity index (χ0v) is 21.8. The third-order valence-electron chi connectivity index (χ3n) is 7.00. The van der Waals surface area contributed by atoms with E-state index in [9.17, 15) is 9.59 Å². The Kier molecular flexibility index (Phi) is 8.05. The van der Waals surface area contributed by atoms with Crippen LogP contribution in [0.5, 0.6) is 5.75 Å². The molecule has 0 spiro atoms. The van der Waals surface area contributed by atoms with E-state index in [0.29, 0.717) is 26.2 Å². The van der Waals surface area contributed by atoms with Gasteiger partial charge in [-0.05, 0) is 36.1 Å². The van der Waals surface area contributed by atoms with Crippen molar-refractivity contribution in [2.75, 3.05) is 19.8 Å². The number of benzene rings is 3. The van der Waals surface area contributed by atoms with Crippen LogP contribution in [0.2, 0.25) is 0 Å². The molecular formula is C31H33NO6. The predicted octanol–water partition coefficient (Wildman–Crippen LogP) is 4.55. The molecule has 38 heavy (non-hydrogen) atoms. The van der Waals surface area contributed by atoms with Crippen LogP contribution >= 0.6 is 0 Å². The highest BCUT2D eigenvalue weighted by molar-refractivity contribution is 5.89. The highest BCUT2D eigenvalue weighted by Gasteiger charge is 2.41. The SMILES string of the molecule is CCOC(=O)[C@@H]1Cc2c(ccc(C)c2OCc2ccccc2)CN1C(=O)C(OC1COC1)c1ccccc1. The minimum absolute atomic E-state index is 0.164. The summed E-state index contributed by atoms with van der Waals surface area (Å²) in [6.07, 6.45) is -0.703. The van der Waals surface area contributed by atoms with E-state index >= 15 is 0 Å². The van der Waals surface area contributed by atoms with Crippen molar-refractivity contribution in [1.82, 2.24) is 4.90 Å². The smallest absolute Gasteiger partial charge is 0.329 e. The Hall–Kier alpha value is -3.68. The molecule has 5 rings (SSSR count). The highest BCUT2D eigenvalue weighted by Crippen LogP contribution is 2.36. The lowest BCUT2D eigenvalue weighted by Gasteiger charge is -2.39. The van der Waals surface area contributed by atoms with Crippen LogP contribution in [0.1, 0.15) is 40.8 Å². The van der Waals surface area contributed by atoms with Crippen molar-refractivity contribution in [3.05, 3.63) is 101 Å². The molecular weight excluding hydrogens is 482 g/mol. The monoisotopic (exact) mass is 515 g/mol. The normalized spacial score (nSPS) is 17.7. The summed E-state index contributed by atoms with van der Waals surface area (Å²) in [6.45, 7) is 5.56. The van der Waals surface area contributed by atoms with Crippen molar-refractivity contribution in [1.29, 1.82) is 0 Å². The average Bonchev–Trinajstić information content (AvgIpc) is 2.92. The van der Waals surface area contributed by atoms with E-state index in [4.69, 9.17) is 18.9 Å². The Balaban J connectivity index is 1.47. The summed E-state index contributed by atoms with van der Waals surface area (Å²) in [5.74, 6) is 0.0650. The second kappa shape index (κ2) is 11.8. The quantitative estimate of drug-likeness (QED) is 0.390. The minimum atomic E-state index is -0.845. The van der Waals surface area contributed by atoms with E-state index in [0.717, 1.165) is 33.6 Å². The fourth-order valence-corrected chi connectivity index (χ4v) is 4.91. The second-order valence-corrected chi connectivity index (χ2v) is 9.65. The Morgan fingerprint density at radius 1 is 1.00 bits per heavy atom. The topological polar surface area (TPSA) is 74.3 Å². The summed E-state index contributed by atoms with van der Waals surface area (Å²) in [7, 11) is 0. The van der Waals surface area contributed by atoms with Crippen molar-refractivity contribution in [2.45, 2.75) is 51.7 Å². The van der Waals surface area contributed by atoms with Crippen LogP contribution in [0.4, 0.5) is 0 Å². The summed E-state index contributed by atoms with van der Waals surface area (Å²) < 4.78 is 23.2. The number of hydrogen-bond acceptors (Lipinski definition) is 6. The zero-order valence-electron chi connectivity index (χ0n) is 21.8. The summed E-state index contributed by atoms with van der Waals surface area (Å²) in [5, 5.41) is 0. The molecule has 1 unspecified atom stereocenters. The molecule has 7 nitrogen and oxygen atoms in total. The average molecular weight is 516 g/mol. The number of hydrogen-bond donors (Lipinski definition) is 0. The van der Waals surface area contributed by atoms with Gasteiger partial charge in [0.05, 0.1) is 19.8 Å². The molecule has 0 radical (unpaired) electrons. The first-order valence-electron chi connectivity index (χ1n) is 13.1. The van der Waals surface area contributed by atoms with Crippen LogP contribution < -0.4 is 4.74 Å². The first-order chi connectivity index (χ1) is 18.5. The second-order valence-electron chi connectivity index (χ2n) is 9.65. The number of rotatable bonds is 9. The molecule has 0 saturated carbocycles. The zero-order chi connectivity index (χ0) is 26.5. The van der Waals surface area contributed by atoms with E-state index in [1.807, 2.05) is 79.7 Å². The van der Waals surface area contributed by atoms with E-state index in [1.165, 1.54) is 0 Å². The lowest BCUT2D eigenvalue weighted by atomic mass is 9.90. The van der Waals surface area contributed by atoms with Crippen LogP contribution in [0.25, 0.3) is 0 Å². The number of esters is 1. The van der Waals surface area contributed by atoms with Gasteiger partial charge in [0.15, 0.2) is 6.10 Å². The molecule has 2 heterocycles. The van der Waals surface area contributed by atoms with E-state index in [-0.39, 0.29) is 25.2 Å². The molecule has 1 amide bonds. The van der Waals surface area contributed by atoms with Crippen LogP contribution in [0.15, 0.2) is 72.8 Å². The van der Waals surface area contributed by atoms with Crippen LogP contribution in [-0.2, 0) is 43.4 Å². The molecule has 198 valence electrons. The lowest BCUT2D eigenvalue weighted by Crippen LogP contribution is -2.52. The van der Waals surface area contributed by atoms with Gasteiger partial charge in [0, 0.05) is 18.5 Å². The summed E-state index contributed by atoms with van der Waals surface area (Å²) >= 11 is 0. The summed E-state index contributed by atoms with van der Waals surface area (Å²) in [4.78, 5) is 28.9. The molecule has 0 aliphatic carbocycles. The number of aryl methyl sites for hydroxylation is 1. The maximum atomic E-state index is 14.1. The van der Waals surface area contributed by atoms with Crippen LogP contribution in [-0.4, -0.2) is 48.7 Å². The lowest BCUT2D eigenvalue weighted by molar-refractivity contribution is -0.181. The fourth-order valence-electron chi connectivity index (χ4n) is 4.91. The molecule has 3 aromatic rings. The fraction of sp³-hybridized carbons (Fsp3) is 0.355.